The lowest BCUT2D eigenvalue weighted by Gasteiger charge is -2.37. The van der Waals surface area contributed by atoms with Gasteiger partial charge in [-0.05, 0) is 32.6 Å². The minimum Gasteiger partial charge on any atom is -0.342 e. The van der Waals surface area contributed by atoms with Gasteiger partial charge in [-0.3, -0.25) is 9.59 Å². The van der Waals surface area contributed by atoms with Crippen LogP contribution in [0.5, 0.6) is 0 Å². The molecule has 4 heteroatoms. The third-order valence-corrected chi connectivity index (χ3v) is 4.54. The van der Waals surface area contributed by atoms with E-state index in [1.165, 1.54) is 25.7 Å². The van der Waals surface area contributed by atoms with Gasteiger partial charge in [0.2, 0.25) is 11.8 Å². The molecule has 1 N–H and O–H groups in total. The smallest absolute Gasteiger partial charge is 0.248 e. The van der Waals surface area contributed by atoms with Crippen LogP contribution in [0.4, 0.5) is 0 Å². The van der Waals surface area contributed by atoms with E-state index in [9.17, 15) is 9.59 Å². The summed E-state index contributed by atoms with van der Waals surface area (Å²) in [5, 5.41) is 2.84. The highest BCUT2D eigenvalue weighted by Gasteiger charge is 2.40. The zero-order chi connectivity index (χ0) is 14.0. The van der Waals surface area contributed by atoms with E-state index < -0.39 is 5.54 Å². The molecule has 0 aromatic heterocycles. The van der Waals surface area contributed by atoms with Crippen LogP contribution in [0.15, 0.2) is 0 Å². The van der Waals surface area contributed by atoms with Crippen LogP contribution in [0, 0.1) is 5.92 Å². The lowest BCUT2D eigenvalue weighted by molar-refractivity contribution is -0.140. The van der Waals surface area contributed by atoms with Crippen molar-refractivity contribution in [2.45, 2.75) is 70.9 Å². The van der Waals surface area contributed by atoms with Crippen LogP contribution < -0.4 is 5.32 Å². The minimum absolute atomic E-state index is 0.0119. The van der Waals surface area contributed by atoms with Gasteiger partial charge in [-0.2, -0.15) is 0 Å². The summed E-state index contributed by atoms with van der Waals surface area (Å²) in [7, 11) is 0. The van der Waals surface area contributed by atoms with Crippen LogP contribution in [0.25, 0.3) is 0 Å². The van der Waals surface area contributed by atoms with Crippen LogP contribution in [0.1, 0.15) is 59.3 Å². The first kappa shape index (κ1) is 14.4. The largest absolute Gasteiger partial charge is 0.342 e. The Hall–Kier alpha value is -1.06. The summed E-state index contributed by atoms with van der Waals surface area (Å²) in [6.07, 6.45) is 6.43. The van der Waals surface area contributed by atoms with Gasteiger partial charge in [-0.25, -0.2) is 0 Å². The van der Waals surface area contributed by atoms with Crippen LogP contribution >= 0.6 is 0 Å². The maximum absolute atomic E-state index is 12.7. The maximum atomic E-state index is 12.7. The monoisotopic (exact) mass is 266 g/mol. The molecule has 0 bridgehead atoms. The standard InChI is InChI=1S/C15H26N2O2/c1-11-7-5-4-6-8-12(11)17-10-9-13(18)16-15(2,3)14(17)19/h11-12H,4-10H2,1-3H3,(H,16,18). The van der Waals surface area contributed by atoms with Crippen molar-refractivity contribution in [2.24, 2.45) is 5.92 Å². The Morgan fingerprint density at radius 3 is 2.58 bits per heavy atom. The van der Waals surface area contributed by atoms with Crippen LogP contribution in [0.2, 0.25) is 0 Å². The van der Waals surface area contributed by atoms with E-state index >= 15 is 0 Å². The Bertz CT molecular complexity index is 365. The summed E-state index contributed by atoms with van der Waals surface area (Å²) in [5.74, 6) is 0.606. The normalized spacial score (nSPS) is 32.5. The number of amides is 2. The summed E-state index contributed by atoms with van der Waals surface area (Å²) in [4.78, 5) is 26.4. The van der Waals surface area contributed by atoms with E-state index in [1.54, 1.807) is 0 Å². The molecule has 1 saturated carbocycles. The van der Waals surface area contributed by atoms with Gasteiger partial charge < -0.3 is 10.2 Å². The molecule has 0 spiro atoms. The maximum Gasteiger partial charge on any atom is 0.248 e. The fraction of sp³-hybridized carbons (Fsp3) is 0.867. The van der Waals surface area contributed by atoms with Crippen molar-refractivity contribution in [3.63, 3.8) is 0 Å². The first-order valence-electron chi connectivity index (χ1n) is 7.54. The van der Waals surface area contributed by atoms with Crippen molar-refractivity contribution < 1.29 is 9.59 Å². The van der Waals surface area contributed by atoms with Gasteiger partial charge in [-0.15, -0.1) is 0 Å². The SMILES string of the molecule is CC1CCCCCC1N1CCC(=O)NC(C)(C)C1=O. The molecule has 2 rings (SSSR count). The Kier molecular flexibility index (Phi) is 4.16. The molecule has 1 saturated heterocycles. The third kappa shape index (κ3) is 3.10. The molecule has 2 atom stereocenters. The van der Waals surface area contributed by atoms with Crippen molar-refractivity contribution in [2.75, 3.05) is 6.54 Å². The highest BCUT2D eigenvalue weighted by atomic mass is 16.2. The Labute approximate surface area is 115 Å². The second-order valence-electron chi connectivity index (χ2n) is 6.60. The average molecular weight is 266 g/mol. The zero-order valence-corrected chi connectivity index (χ0v) is 12.4. The number of hydrogen-bond acceptors (Lipinski definition) is 2. The predicted octanol–water partition coefficient (Wildman–Crippen LogP) is 2.08. The Balaban J connectivity index is 2.21. The number of rotatable bonds is 1. The molecule has 4 nitrogen and oxygen atoms in total. The van der Waals surface area contributed by atoms with E-state index in [0.717, 1.165) is 6.42 Å². The Morgan fingerprint density at radius 1 is 1.16 bits per heavy atom. The van der Waals surface area contributed by atoms with Crippen molar-refractivity contribution >= 4 is 11.8 Å². The van der Waals surface area contributed by atoms with E-state index in [-0.39, 0.29) is 11.8 Å². The summed E-state index contributed by atoms with van der Waals surface area (Å²) < 4.78 is 0. The van der Waals surface area contributed by atoms with E-state index in [4.69, 9.17) is 0 Å². The molecule has 2 aliphatic rings. The topological polar surface area (TPSA) is 49.4 Å². The molecule has 19 heavy (non-hydrogen) atoms. The third-order valence-electron chi connectivity index (χ3n) is 4.54. The molecule has 1 aliphatic carbocycles. The van der Waals surface area contributed by atoms with Gasteiger partial charge in [0.1, 0.15) is 5.54 Å². The molecule has 2 amide bonds. The van der Waals surface area contributed by atoms with Gasteiger partial charge >= 0.3 is 0 Å². The highest BCUT2D eigenvalue weighted by Crippen LogP contribution is 2.29. The first-order valence-corrected chi connectivity index (χ1v) is 7.54. The fourth-order valence-electron chi connectivity index (χ4n) is 3.40. The molecule has 0 aromatic carbocycles. The number of nitrogens with zero attached hydrogens (tertiary/aromatic N) is 1. The van der Waals surface area contributed by atoms with Gasteiger partial charge in [0.05, 0.1) is 0 Å². The lowest BCUT2D eigenvalue weighted by Crippen LogP contribution is -2.56. The van der Waals surface area contributed by atoms with Crippen molar-refractivity contribution in [3.05, 3.63) is 0 Å². The predicted molar refractivity (Wildman–Crippen MR) is 74.6 cm³/mol. The summed E-state index contributed by atoms with van der Waals surface area (Å²) in [5.41, 5.74) is -0.764. The fourth-order valence-corrected chi connectivity index (χ4v) is 3.40. The van der Waals surface area contributed by atoms with Gasteiger partial charge in [0.25, 0.3) is 0 Å². The van der Waals surface area contributed by atoms with Crippen LogP contribution in [0.3, 0.4) is 0 Å². The molecule has 1 aliphatic heterocycles. The second-order valence-corrected chi connectivity index (χ2v) is 6.60. The lowest BCUT2D eigenvalue weighted by atomic mass is 9.93. The Morgan fingerprint density at radius 2 is 1.84 bits per heavy atom. The average Bonchev–Trinajstić information content (AvgIpc) is 2.58. The highest BCUT2D eigenvalue weighted by molar-refractivity contribution is 5.93. The molecule has 108 valence electrons. The first-order chi connectivity index (χ1) is 8.92. The van der Waals surface area contributed by atoms with E-state index in [1.807, 2.05) is 18.7 Å². The van der Waals surface area contributed by atoms with E-state index in [2.05, 4.69) is 12.2 Å². The number of carbonyl (C=O) groups excluding carboxylic acids is 2. The molecule has 0 radical (unpaired) electrons. The molecular formula is C15H26N2O2. The van der Waals surface area contributed by atoms with Crippen molar-refractivity contribution in [3.8, 4) is 0 Å². The molecule has 2 unspecified atom stereocenters. The number of nitrogens with one attached hydrogen (secondary N) is 1. The molecular weight excluding hydrogens is 240 g/mol. The molecule has 2 fully saturated rings. The van der Waals surface area contributed by atoms with Gasteiger partial charge in [0.15, 0.2) is 0 Å². The summed E-state index contributed by atoms with van der Waals surface area (Å²) in [6.45, 7) is 6.44. The molecule has 1 heterocycles. The van der Waals surface area contributed by atoms with Gasteiger partial charge in [0, 0.05) is 19.0 Å². The summed E-state index contributed by atoms with van der Waals surface area (Å²) >= 11 is 0. The number of carbonyl (C=O) groups is 2. The molecule has 0 aromatic rings. The van der Waals surface area contributed by atoms with Crippen molar-refractivity contribution in [1.82, 2.24) is 10.2 Å². The van der Waals surface area contributed by atoms with Crippen molar-refractivity contribution in [1.29, 1.82) is 0 Å². The number of hydrogen-bond donors (Lipinski definition) is 1. The van der Waals surface area contributed by atoms with Gasteiger partial charge in [-0.1, -0.05) is 26.2 Å². The van der Waals surface area contributed by atoms with Crippen LogP contribution in [-0.4, -0.2) is 34.8 Å². The van der Waals surface area contributed by atoms with E-state index in [0.29, 0.717) is 24.9 Å². The minimum atomic E-state index is -0.764. The zero-order valence-electron chi connectivity index (χ0n) is 12.4. The van der Waals surface area contributed by atoms with Crippen LogP contribution in [-0.2, 0) is 9.59 Å². The second kappa shape index (κ2) is 5.51. The summed E-state index contributed by atoms with van der Waals surface area (Å²) in [6, 6.07) is 0.307. The quantitative estimate of drug-likeness (QED) is 0.739.